The Morgan fingerprint density at radius 2 is 1.84 bits per heavy atom. The quantitative estimate of drug-likeness (QED) is 0.325. The standard InChI is InChI=1S/C26H24N4O2/c1-3-20(13-23(18(2)31)25-14-21-11-7-8-12-24(21)29-25)26(32)28-22-15-27-30(17-22)16-19-9-5-4-6-10-19/h3-15,17,29H,16H2,1-2H3,(H,28,32)/b20-3-,23-13+. The summed E-state index contributed by atoms with van der Waals surface area (Å²) >= 11 is 0. The van der Waals surface area contributed by atoms with Gasteiger partial charge in [-0.3, -0.25) is 14.3 Å². The number of para-hydroxylation sites is 1. The van der Waals surface area contributed by atoms with E-state index in [1.165, 1.54) is 6.92 Å². The number of amides is 1. The lowest BCUT2D eigenvalue weighted by atomic mass is 10.0. The van der Waals surface area contributed by atoms with Crippen LogP contribution in [-0.4, -0.2) is 26.5 Å². The summed E-state index contributed by atoms with van der Waals surface area (Å²) in [6, 6.07) is 19.7. The third-order valence-corrected chi connectivity index (χ3v) is 5.15. The van der Waals surface area contributed by atoms with Gasteiger partial charge in [0.1, 0.15) is 0 Å². The molecule has 0 spiro atoms. The van der Waals surface area contributed by atoms with Crippen molar-refractivity contribution in [3.05, 3.63) is 102 Å². The number of allylic oxidation sites excluding steroid dienone is 2. The lowest BCUT2D eigenvalue weighted by Crippen LogP contribution is -2.14. The highest BCUT2D eigenvalue weighted by Crippen LogP contribution is 2.23. The number of carbonyl (C=O) groups is 2. The summed E-state index contributed by atoms with van der Waals surface area (Å²) in [6.45, 7) is 3.88. The van der Waals surface area contributed by atoms with Crippen LogP contribution in [0.2, 0.25) is 0 Å². The van der Waals surface area contributed by atoms with Gasteiger partial charge in [0.05, 0.1) is 24.1 Å². The number of benzene rings is 2. The minimum Gasteiger partial charge on any atom is -0.354 e. The highest BCUT2D eigenvalue weighted by Gasteiger charge is 2.15. The van der Waals surface area contributed by atoms with Crippen LogP contribution in [0.1, 0.15) is 25.1 Å². The number of nitrogens with one attached hydrogen (secondary N) is 2. The van der Waals surface area contributed by atoms with Crippen LogP contribution in [0.3, 0.4) is 0 Å². The number of hydrogen-bond acceptors (Lipinski definition) is 3. The molecule has 2 heterocycles. The third-order valence-electron chi connectivity index (χ3n) is 5.15. The van der Waals surface area contributed by atoms with E-state index in [4.69, 9.17) is 0 Å². The number of anilines is 1. The topological polar surface area (TPSA) is 79.8 Å². The maximum Gasteiger partial charge on any atom is 0.255 e. The van der Waals surface area contributed by atoms with E-state index in [0.29, 0.717) is 29.1 Å². The zero-order valence-electron chi connectivity index (χ0n) is 18.0. The van der Waals surface area contributed by atoms with Gasteiger partial charge in [-0.25, -0.2) is 0 Å². The molecule has 6 heteroatoms. The van der Waals surface area contributed by atoms with Crippen LogP contribution in [0.5, 0.6) is 0 Å². The first kappa shape index (κ1) is 21.1. The van der Waals surface area contributed by atoms with E-state index in [1.54, 1.807) is 36.2 Å². The van der Waals surface area contributed by atoms with Gasteiger partial charge in [-0.05, 0) is 37.6 Å². The number of nitrogens with zero attached hydrogens (tertiary/aromatic N) is 2. The summed E-state index contributed by atoms with van der Waals surface area (Å²) in [5.41, 5.74) is 4.17. The summed E-state index contributed by atoms with van der Waals surface area (Å²) < 4.78 is 1.77. The molecule has 160 valence electrons. The van der Waals surface area contributed by atoms with Crippen molar-refractivity contribution < 1.29 is 9.59 Å². The normalized spacial score (nSPS) is 12.2. The van der Waals surface area contributed by atoms with Crippen molar-refractivity contribution in [3.8, 4) is 0 Å². The molecule has 2 N–H and O–H groups in total. The first-order chi connectivity index (χ1) is 15.5. The van der Waals surface area contributed by atoms with Gasteiger partial charge in [0, 0.05) is 28.2 Å². The second kappa shape index (κ2) is 9.31. The largest absolute Gasteiger partial charge is 0.354 e. The number of fused-ring (bicyclic) bond motifs is 1. The van der Waals surface area contributed by atoms with Crippen LogP contribution in [0.15, 0.2) is 90.8 Å². The van der Waals surface area contributed by atoms with Crippen molar-refractivity contribution in [2.24, 2.45) is 0 Å². The van der Waals surface area contributed by atoms with E-state index in [-0.39, 0.29) is 11.7 Å². The molecule has 2 aromatic carbocycles. The monoisotopic (exact) mass is 424 g/mol. The van der Waals surface area contributed by atoms with Gasteiger partial charge in [-0.1, -0.05) is 54.6 Å². The fraction of sp³-hybridized carbons (Fsp3) is 0.115. The number of H-pyrrole nitrogens is 1. The average molecular weight is 425 g/mol. The molecular weight excluding hydrogens is 400 g/mol. The molecule has 0 bridgehead atoms. The lowest BCUT2D eigenvalue weighted by molar-refractivity contribution is -0.112. The molecule has 2 aromatic heterocycles. The number of ketones is 1. The van der Waals surface area contributed by atoms with Crippen LogP contribution in [0, 0.1) is 0 Å². The molecule has 0 fully saturated rings. The van der Waals surface area contributed by atoms with Crippen LogP contribution in [0.25, 0.3) is 16.5 Å². The second-order valence-corrected chi connectivity index (χ2v) is 7.49. The van der Waals surface area contributed by atoms with Crippen molar-refractivity contribution in [2.45, 2.75) is 20.4 Å². The van der Waals surface area contributed by atoms with E-state index in [0.717, 1.165) is 16.5 Å². The van der Waals surface area contributed by atoms with Gasteiger partial charge in [0.2, 0.25) is 0 Å². The van der Waals surface area contributed by atoms with Crippen LogP contribution >= 0.6 is 0 Å². The summed E-state index contributed by atoms with van der Waals surface area (Å²) in [6.07, 6.45) is 6.71. The van der Waals surface area contributed by atoms with Crippen molar-refractivity contribution in [1.82, 2.24) is 14.8 Å². The van der Waals surface area contributed by atoms with Gasteiger partial charge in [-0.15, -0.1) is 0 Å². The molecule has 0 atom stereocenters. The van der Waals surface area contributed by atoms with E-state index in [9.17, 15) is 9.59 Å². The zero-order valence-corrected chi connectivity index (χ0v) is 18.0. The van der Waals surface area contributed by atoms with Gasteiger partial charge in [-0.2, -0.15) is 5.10 Å². The molecule has 0 aliphatic carbocycles. The predicted octanol–water partition coefficient (Wildman–Crippen LogP) is 4.97. The zero-order chi connectivity index (χ0) is 22.5. The van der Waals surface area contributed by atoms with Gasteiger partial charge >= 0.3 is 0 Å². The number of hydrogen-bond donors (Lipinski definition) is 2. The van der Waals surface area contributed by atoms with E-state index in [1.807, 2.05) is 60.7 Å². The number of Topliss-reactive ketones (excluding diaryl/α,β-unsaturated/α-hetero) is 1. The van der Waals surface area contributed by atoms with Crippen molar-refractivity contribution >= 4 is 33.9 Å². The van der Waals surface area contributed by atoms with Crippen molar-refractivity contribution in [3.63, 3.8) is 0 Å². The number of aromatic nitrogens is 3. The van der Waals surface area contributed by atoms with E-state index < -0.39 is 0 Å². The molecule has 0 aliphatic heterocycles. The smallest absolute Gasteiger partial charge is 0.255 e. The third kappa shape index (κ3) is 4.75. The maximum absolute atomic E-state index is 12.9. The Kier molecular flexibility index (Phi) is 6.12. The first-order valence-electron chi connectivity index (χ1n) is 10.4. The maximum atomic E-state index is 12.9. The lowest BCUT2D eigenvalue weighted by Gasteiger charge is -2.06. The summed E-state index contributed by atoms with van der Waals surface area (Å²) in [7, 11) is 0. The fourth-order valence-corrected chi connectivity index (χ4v) is 3.51. The predicted molar refractivity (Wildman–Crippen MR) is 127 cm³/mol. The molecule has 4 rings (SSSR count). The molecule has 0 saturated carbocycles. The van der Waals surface area contributed by atoms with Gasteiger partial charge in [0.25, 0.3) is 5.91 Å². The minimum atomic E-state index is -0.304. The molecule has 0 radical (unpaired) electrons. The number of carbonyl (C=O) groups excluding carboxylic acids is 2. The molecular formula is C26H24N4O2. The summed E-state index contributed by atoms with van der Waals surface area (Å²) in [5.74, 6) is -0.430. The molecule has 6 nitrogen and oxygen atoms in total. The Bertz CT molecular complexity index is 1290. The first-order valence-corrected chi connectivity index (χ1v) is 10.4. The van der Waals surface area contributed by atoms with E-state index in [2.05, 4.69) is 15.4 Å². The minimum absolute atomic E-state index is 0.126. The molecule has 0 saturated heterocycles. The molecule has 4 aromatic rings. The average Bonchev–Trinajstić information content (AvgIpc) is 3.41. The summed E-state index contributed by atoms with van der Waals surface area (Å²) in [4.78, 5) is 28.5. The Morgan fingerprint density at radius 3 is 2.56 bits per heavy atom. The molecule has 32 heavy (non-hydrogen) atoms. The van der Waals surface area contributed by atoms with Gasteiger partial charge in [0.15, 0.2) is 5.78 Å². The molecule has 0 unspecified atom stereocenters. The second-order valence-electron chi connectivity index (χ2n) is 7.49. The Hall–Kier alpha value is -4.19. The summed E-state index contributed by atoms with van der Waals surface area (Å²) in [5, 5.41) is 8.19. The SMILES string of the molecule is C/C=C(/C=C(\C(C)=O)c1cc2ccccc2[nH]1)C(=O)Nc1cnn(Cc2ccccc2)c1. The Morgan fingerprint density at radius 1 is 1.09 bits per heavy atom. The van der Waals surface area contributed by atoms with Crippen LogP contribution in [0.4, 0.5) is 5.69 Å². The van der Waals surface area contributed by atoms with Gasteiger partial charge < -0.3 is 10.3 Å². The molecule has 1 amide bonds. The van der Waals surface area contributed by atoms with E-state index >= 15 is 0 Å². The van der Waals surface area contributed by atoms with Crippen molar-refractivity contribution in [1.29, 1.82) is 0 Å². The van der Waals surface area contributed by atoms with Crippen LogP contribution in [-0.2, 0) is 16.1 Å². The fourth-order valence-electron chi connectivity index (χ4n) is 3.51. The van der Waals surface area contributed by atoms with Crippen molar-refractivity contribution in [2.75, 3.05) is 5.32 Å². The molecule has 0 aliphatic rings. The highest BCUT2D eigenvalue weighted by molar-refractivity contribution is 6.22. The van der Waals surface area contributed by atoms with Crippen LogP contribution < -0.4 is 5.32 Å². The Labute approximate surface area is 186 Å². The number of rotatable bonds is 7. The highest BCUT2D eigenvalue weighted by atomic mass is 16.1. The Balaban J connectivity index is 1.53. The number of aromatic amines is 1.